The highest BCUT2D eigenvalue weighted by atomic mass is 19.3. The summed E-state index contributed by atoms with van der Waals surface area (Å²) >= 11 is 0. The smallest absolute Gasteiger partial charge is 0.307 e. The van der Waals surface area contributed by atoms with Gasteiger partial charge in [-0.2, -0.15) is 5.26 Å². The van der Waals surface area contributed by atoms with Gasteiger partial charge >= 0.3 is 5.97 Å². The van der Waals surface area contributed by atoms with Gasteiger partial charge in [0, 0.05) is 11.1 Å². The molecule has 1 aromatic rings. The number of carbonyl (C=O) groups is 1. The van der Waals surface area contributed by atoms with E-state index < -0.39 is 24.4 Å². The van der Waals surface area contributed by atoms with Gasteiger partial charge in [0.15, 0.2) is 0 Å². The number of nitrogens with zero attached hydrogens (tertiary/aromatic N) is 1. The third kappa shape index (κ3) is 2.91. The molecule has 0 saturated carbocycles. The molecule has 0 saturated heterocycles. The molecule has 4 nitrogen and oxygen atoms in total. The highest BCUT2D eigenvalue weighted by Gasteiger charge is 2.18. The Bertz CT molecular complexity index is 480. The molecule has 1 aromatic carbocycles. The summed E-state index contributed by atoms with van der Waals surface area (Å²) < 4.78 is 30.1. The quantitative estimate of drug-likeness (QED) is 0.876. The Kier molecular flexibility index (Phi) is 3.99. The second-order valence-electron chi connectivity index (χ2n) is 3.23. The number of halogens is 2. The lowest BCUT2D eigenvalue weighted by Crippen LogP contribution is -2.04. The summed E-state index contributed by atoms with van der Waals surface area (Å²) in [5, 5.41) is 17.3. The van der Waals surface area contributed by atoms with Gasteiger partial charge < -0.3 is 9.84 Å². The Morgan fingerprint density at radius 3 is 2.65 bits per heavy atom. The lowest BCUT2D eigenvalue weighted by Gasteiger charge is -2.10. The first kappa shape index (κ1) is 12.9. The van der Waals surface area contributed by atoms with E-state index in [0.29, 0.717) is 0 Å². The second-order valence-corrected chi connectivity index (χ2v) is 3.23. The van der Waals surface area contributed by atoms with Crippen LogP contribution in [0, 0.1) is 11.3 Å². The number of carboxylic acid groups (broad SMARTS) is 1. The molecule has 0 aromatic heterocycles. The number of carboxylic acids is 1. The fourth-order valence-corrected chi connectivity index (χ4v) is 1.41. The molecule has 0 unspecified atom stereocenters. The van der Waals surface area contributed by atoms with Crippen LogP contribution in [0.25, 0.3) is 0 Å². The first-order chi connectivity index (χ1) is 7.99. The van der Waals surface area contributed by atoms with Crippen LogP contribution in [0.1, 0.15) is 23.1 Å². The van der Waals surface area contributed by atoms with Crippen LogP contribution in [0.15, 0.2) is 12.1 Å². The standard InChI is InChI=1S/C11H9F2NO3/c1-17-9-3-7(5-14)8(11(12)13)2-6(9)4-10(15)16/h2-3,11H,4H2,1H3,(H,15,16). The fourth-order valence-electron chi connectivity index (χ4n) is 1.41. The summed E-state index contributed by atoms with van der Waals surface area (Å²) in [6, 6.07) is 3.75. The van der Waals surface area contributed by atoms with E-state index in [1.807, 2.05) is 0 Å². The van der Waals surface area contributed by atoms with E-state index >= 15 is 0 Å². The highest BCUT2D eigenvalue weighted by molar-refractivity contribution is 5.72. The third-order valence-electron chi connectivity index (χ3n) is 2.15. The molecule has 0 spiro atoms. The van der Waals surface area contributed by atoms with Gasteiger partial charge in [0.05, 0.1) is 25.2 Å². The van der Waals surface area contributed by atoms with E-state index in [-0.39, 0.29) is 16.9 Å². The van der Waals surface area contributed by atoms with Crippen LogP contribution in [0.3, 0.4) is 0 Å². The van der Waals surface area contributed by atoms with Crippen molar-refractivity contribution in [2.24, 2.45) is 0 Å². The molecular formula is C11H9F2NO3. The van der Waals surface area contributed by atoms with Crippen molar-refractivity contribution in [1.29, 1.82) is 5.26 Å². The van der Waals surface area contributed by atoms with Gasteiger partial charge in [0.25, 0.3) is 6.43 Å². The topological polar surface area (TPSA) is 70.3 Å². The number of hydrogen-bond acceptors (Lipinski definition) is 3. The van der Waals surface area contributed by atoms with Crippen LogP contribution in [-0.4, -0.2) is 18.2 Å². The maximum absolute atomic E-state index is 12.6. The van der Waals surface area contributed by atoms with Gasteiger partial charge in [0.2, 0.25) is 0 Å². The van der Waals surface area contributed by atoms with E-state index in [4.69, 9.17) is 15.1 Å². The number of benzene rings is 1. The highest BCUT2D eigenvalue weighted by Crippen LogP contribution is 2.30. The Morgan fingerprint density at radius 1 is 1.59 bits per heavy atom. The van der Waals surface area contributed by atoms with E-state index in [0.717, 1.165) is 12.1 Å². The molecule has 0 aliphatic rings. The Labute approximate surface area is 96.0 Å². The third-order valence-corrected chi connectivity index (χ3v) is 2.15. The lowest BCUT2D eigenvalue weighted by atomic mass is 10.0. The molecule has 0 atom stereocenters. The molecule has 0 aliphatic carbocycles. The molecule has 90 valence electrons. The van der Waals surface area contributed by atoms with E-state index in [2.05, 4.69) is 0 Å². The first-order valence-corrected chi connectivity index (χ1v) is 4.60. The molecule has 0 amide bonds. The molecule has 6 heteroatoms. The van der Waals surface area contributed by atoms with Gasteiger partial charge in [-0.1, -0.05) is 0 Å². The molecular weight excluding hydrogens is 232 g/mol. The summed E-state index contributed by atoms with van der Waals surface area (Å²) in [7, 11) is 1.28. The molecule has 0 aliphatic heterocycles. The Balaban J connectivity index is 3.34. The minimum Gasteiger partial charge on any atom is -0.496 e. The van der Waals surface area contributed by atoms with Crippen molar-refractivity contribution in [2.45, 2.75) is 12.8 Å². The molecule has 0 bridgehead atoms. The van der Waals surface area contributed by atoms with Crippen LogP contribution in [0.4, 0.5) is 8.78 Å². The van der Waals surface area contributed by atoms with Crippen LogP contribution in [-0.2, 0) is 11.2 Å². The minimum atomic E-state index is -2.83. The molecule has 1 rings (SSSR count). The summed E-state index contributed by atoms with van der Waals surface area (Å²) in [5.41, 5.74) is -0.579. The van der Waals surface area contributed by atoms with Crippen molar-refractivity contribution in [2.75, 3.05) is 7.11 Å². The molecule has 0 radical (unpaired) electrons. The van der Waals surface area contributed by atoms with Gasteiger partial charge in [-0.25, -0.2) is 8.78 Å². The molecule has 0 fully saturated rings. The Hall–Kier alpha value is -2.16. The van der Waals surface area contributed by atoms with Crippen LogP contribution in [0.5, 0.6) is 5.75 Å². The van der Waals surface area contributed by atoms with Gasteiger partial charge in [-0.05, 0) is 12.1 Å². The van der Waals surface area contributed by atoms with Gasteiger partial charge in [-0.3, -0.25) is 4.79 Å². The summed E-state index contributed by atoms with van der Waals surface area (Å²) in [6.07, 6.45) is -3.27. The second kappa shape index (κ2) is 5.25. The Morgan fingerprint density at radius 2 is 2.24 bits per heavy atom. The predicted molar refractivity (Wildman–Crippen MR) is 54.0 cm³/mol. The largest absolute Gasteiger partial charge is 0.496 e. The predicted octanol–water partition coefficient (Wildman–Crippen LogP) is 2.13. The SMILES string of the molecule is COc1cc(C#N)c(C(F)F)cc1CC(=O)O. The van der Waals surface area contributed by atoms with E-state index in [1.165, 1.54) is 7.11 Å². The summed E-state index contributed by atoms with van der Waals surface area (Å²) in [5.74, 6) is -1.04. The van der Waals surface area contributed by atoms with Gasteiger partial charge in [0.1, 0.15) is 5.75 Å². The summed E-state index contributed by atoms with van der Waals surface area (Å²) in [4.78, 5) is 10.6. The van der Waals surface area contributed by atoms with Crippen molar-refractivity contribution >= 4 is 5.97 Å². The first-order valence-electron chi connectivity index (χ1n) is 4.60. The number of nitriles is 1. The average molecular weight is 241 g/mol. The number of alkyl halides is 2. The van der Waals surface area contributed by atoms with Crippen molar-refractivity contribution < 1.29 is 23.4 Å². The maximum atomic E-state index is 12.6. The number of hydrogen-bond donors (Lipinski definition) is 1. The maximum Gasteiger partial charge on any atom is 0.307 e. The van der Waals surface area contributed by atoms with Crippen molar-refractivity contribution in [3.05, 3.63) is 28.8 Å². The monoisotopic (exact) mass is 241 g/mol. The van der Waals surface area contributed by atoms with Crippen LogP contribution in [0.2, 0.25) is 0 Å². The number of rotatable bonds is 4. The summed E-state index contributed by atoms with van der Waals surface area (Å²) in [6.45, 7) is 0. The minimum absolute atomic E-state index is 0.119. The number of ether oxygens (including phenoxy) is 1. The van der Waals surface area contributed by atoms with Crippen molar-refractivity contribution in [1.82, 2.24) is 0 Å². The van der Waals surface area contributed by atoms with Crippen molar-refractivity contribution in [3.8, 4) is 11.8 Å². The van der Waals surface area contributed by atoms with E-state index in [9.17, 15) is 13.6 Å². The van der Waals surface area contributed by atoms with Crippen LogP contribution < -0.4 is 4.74 Å². The zero-order valence-electron chi connectivity index (χ0n) is 8.91. The average Bonchev–Trinajstić information content (AvgIpc) is 2.27. The van der Waals surface area contributed by atoms with Crippen LogP contribution >= 0.6 is 0 Å². The molecule has 0 heterocycles. The normalized spacial score (nSPS) is 10.1. The number of aliphatic carboxylic acids is 1. The zero-order valence-corrected chi connectivity index (χ0v) is 8.91. The van der Waals surface area contributed by atoms with Crippen molar-refractivity contribution in [3.63, 3.8) is 0 Å². The fraction of sp³-hybridized carbons (Fsp3) is 0.273. The molecule has 17 heavy (non-hydrogen) atoms. The molecule has 1 N–H and O–H groups in total. The number of methoxy groups -OCH3 is 1. The van der Waals surface area contributed by atoms with E-state index in [1.54, 1.807) is 6.07 Å². The lowest BCUT2D eigenvalue weighted by molar-refractivity contribution is -0.136. The zero-order chi connectivity index (χ0) is 13.0. The van der Waals surface area contributed by atoms with Gasteiger partial charge in [-0.15, -0.1) is 0 Å².